The summed E-state index contributed by atoms with van der Waals surface area (Å²) in [5.41, 5.74) is 2.22. The van der Waals surface area contributed by atoms with Gasteiger partial charge < -0.3 is 4.57 Å². The molecule has 2 heterocycles. The lowest BCUT2D eigenvalue weighted by Crippen LogP contribution is -2.29. The summed E-state index contributed by atoms with van der Waals surface area (Å²) in [6.45, 7) is 1.66. The maximum Gasteiger partial charge on any atom is 0.244 e. The van der Waals surface area contributed by atoms with Crippen LogP contribution >= 0.6 is 0 Å². The van der Waals surface area contributed by atoms with Crippen molar-refractivity contribution in [3.8, 4) is 0 Å². The van der Waals surface area contributed by atoms with Crippen molar-refractivity contribution >= 4 is 16.0 Å². The molecule has 108 valence electrons. The highest BCUT2D eigenvalue weighted by Gasteiger charge is 2.21. The van der Waals surface area contributed by atoms with Gasteiger partial charge in [0.25, 0.3) is 0 Å². The maximum absolute atomic E-state index is 12.1. The molecule has 0 aliphatic rings. The average Bonchev–Trinajstić information content (AvgIpc) is 2.84. The number of nitrogen functional groups attached to an aromatic ring is 1. The van der Waals surface area contributed by atoms with Crippen LogP contribution in [0.3, 0.4) is 0 Å². The third kappa shape index (κ3) is 2.89. The van der Waals surface area contributed by atoms with E-state index in [4.69, 9.17) is 5.84 Å². The fraction of sp³-hybridized carbons (Fsp3) is 0.333. The SMILES string of the molecule is CC(NS(=O)(=O)c1cnc(NN)nc1)c1nncn1C. The fourth-order valence-electron chi connectivity index (χ4n) is 1.57. The number of rotatable bonds is 5. The smallest absolute Gasteiger partial charge is 0.244 e. The summed E-state index contributed by atoms with van der Waals surface area (Å²) in [5, 5.41) is 7.55. The Morgan fingerprint density at radius 1 is 1.35 bits per heavy atom. The number of anilines is 1. The Bertz CT molecular complexity index is 680. The van der Waals surface area contributed by atoms with Gasteiger partial charge in [-0.05, 0) is 6.92 Å². The molecule has 20 heavy (non-hydrogen) atoms. The number of nitrogens with one attached hydrogen (secondary N) is 2. The first kappa shape index (κ1) is 14.3. The first-order valence-electron chi connectivity index (χ1n) is 5.59. The molecule has 0 saturated heterocycles. The van der Waals surface area contributed by atoms with Gasteiger partial charge in [0.1, 0.15) is 17.0 Å². The van der Waals surface area contributed by atoms with Gasteiger partial charge in [-0.1, -0.05) is 0 Å². The molecule has 4 N–H and O–H groups in total. The topological polar surface area (TPSA) is 141 Å². The Balaban J connectivity index is 2.20. The largest absolute Gasteiger partial charge is 0.319 e. The van der Waals surface area contributed by atoms with E-state index in [0.717, 1.165) is 12.4 Å². The highest BCUT2D eigenvalue weighted by atomic mass is 32.2. The van der Waals surface area contributed by atoms with Gasteiger partial charge in [-0.3, -0.25) is 5.43 Å². The van der Waals surface area contributed by atoms with Crippen LogP contribution in [-0.2, 0) is 17.1 Å². The van der Waals surface area contributed by atoms with Crippen LogP contribution in [0.1, 0.15) is 18.8 Å². The van der Waals surface area contributed by atoms with Gasteiger partial charge in [0, 0.05) is 7.05 Å². The zero-order valence-electron chi connectivity index (χ0n) is 10.8. The van der Waals surface area contributed by atoms with E-state index in [-0.39, 0.29) is 10.8 Å². The molecule has 2 rings (SSSR count). The summed E-state index contributed by atoms with van der Waals surface area (Å²) in [6, 6.07) is -0.542. The molecule has 2 aromatic rings. The lowest BCUT2D eigenvalue weighted by Gasteiger charge is -2.13. The van der Waals surface area contributed by atoms with Gasteiger partial charge >= 0.3 is 0 Å². The molecule has 0 spiro atoms. The third-order valence-corrected chi connectivity index (χ3v) is 4.03. The Hall–Kier alpha value is -2.11. The molecule has 0 fully saturated rings. The average molecular weight is 298 g/mol. The van der Waals surface area contributed by atoms with Crippen molar-refractivity contribution in [3.63, 3.8) is 0 Å². The van der Waals surface area contributed by atoms with E-state index >= 15 is 0 Å². The minimum Gasteiger partial charge on any atom is -0.319 e. The minimum atomic E-state index is -3.75. The summed E-state index contributed by atoms with van der Waals surface area (Å²) < 4.78 is 28.4. The molecule has 10 nitrogen and oxygen atoms in total. The van der Waals surface area contributed by atoms with Crippen LogP contribution in [0.5, 0.6) is 0 Å². The Labute approximate surface area is 115 Å². The summed E-state index contributed by atoms with van der Waals surface area (Å²) >= 11 is 0. The molecule has 1 unspecified atom stereocenters. The molecular weight excluding hydrogens is 284 g/mol. The second-order valence-corrected chi connectivity index (χ2v) is 5.74. The van der Waals surface area contributed by atoms with Crippen molar-refractivity contribution in [2.75, 3.05) is 5.43 Å². The highest BCUT2D eigenvalue weighted by molar-refractivity contribution is 7.89. The number of hydrogen-bond donors (Lipinski definition) is 3. The van der Waals surface area contributed by atoms with Crippen molar-refractivity contribution in [2.24, 2.45) is 12.9 Å². The predicted octanol–water partition coefficient (Wildman–Crippen LogP) is -1.07. The maximum atomic E-state index is 12.1. The van der Waals surface area contributed by atoms with Crippen LogP contribution in [0, 0.1) is 0 Å². The van der Waals surface area contributed by atoms with Crippen molar-refractivity contribution in [3.05, 3.63) is 24.5 Å². The molecule has 11 heteroatoms. The number of nitrogens with zero attached hydrogens (tertiary/aromatic N) is 5. The summed E-state index contributed by atoms with van der Waals surface area (Å²) in [6.07, 6.45) is 3.81. The fourth-order valence-corrected chi connectivity index (χ4v) is 2.66. The summed E-state index contributed by atoms with van der Waals surface area (Å²) in [7, 11) is -2.02. The van der Waals surface area contributed by atoms with Gasteiger partial charge in [-0.2, -0.15) is 0 Å². The van der Waals surface area contributed by atoms with Gasteiger partial charge in [-0.25, -0.2) is 29.0 Å². The number of hydrazine groups is 1. The Morgan fingerprint density at radius 2 is 2.00 bits per heavy atom. The van der Waals surface area contributed by atoms with E-state index in [1.165, 1.54) is 6.33 Å². The summed E-state index contributed by atoms with van der Waals surface area (Å²) in [4.78, 5) is 7.44. The van der Waals surface area contributed by atoms with E-state index in [9.17, 15) is 8.42 Å². The second-order valence-electron chi connectivity index (χ2n) is 4.03. The number of nitrogens with two attached hydrogens (primary N) is 1. The van der Waals surface area contributed by atoms with Crippen molar-refractivity contribution < 1.29 is 8.42 Å². The molecule has 0 aliphatic heterocycles. The summed E-state index contributed by atoms with van der Waals surface area (Å²) in [5.74, 6) is 5.74. The second kappa shape index (κ2) is 5.48. The van der Waals surface area contributed by atoms with Crippen LogP contribution in [0.25, 0.3) is 0 Å². The van der Waals surface area contributed by atoms with Crippen LogP contribution < -0.4 is 16.0 Å². The van der Waals surface area contributed by atoms with Gasteiger partial charge in [0.15, 0.2) is 0 Å². The molecule has 0 bridgehead atoms. The van der Waals surface area contributed by atoms with E-state index in [1.807, 2.05) is 0 Å². The molecule has 0 amide bonds. The molecule has 0 radical (unpaired) electrons. The molecule has 0 saturated carbocycles. The van der Waals surface area contributed by atoms with E-state index < -0.39 is 16.1 Å². The van der Waals surface area contributed by atoms with E-state index in [1.54, 1.807) is 18.5 Å². The molecule has 0 aromatic carbocycles. The molecular formula is C9H14N8O2S. The van der Waals surface area contributed by atoms with Crippen LogP contribution in [0.4, 0.5) is 5.95 Å². The lowest BCUT2D eigenvalue weighted by atomic mass is 10.3. The van der Waals surface area contributed by atoms with Gasteiger partial charge in [0.2, 0.25) is 16.0 Å². The number of aryl methyl sites for hydroxylation is 1. The molecule has 0 aliphatic carbocycles. The van der Waals surface area contributed by atoms with Crippen LogP contribution in [0.15, 0.2) is 23.6 Å². The highest BCUT2D eigenvalue weighted by Crippen LogP contribution is 2.13. The van der Waals surface area contributed by atoms with E-state index in [2.05, 4.69) is 30.3 Å². The monoisotopic (exact) mass is 298 g/mol. The van der Waals surface area contributed by atoms with Gasteiger partial charge in [0.05, 0.1) is 18.4 Å². The standard InChI is InChI=1S/C9H14N8O2S/c1-6(8-15-13-5-17(8)2)16-20(18,19)7-3-11-9(14-10)12-4-7/h3-6,16H,10H2,1-2H3,(H,11,12,14). The van der Waals surface area contributed by atoms with Crippen LogP contribution in [0.2, 0.25) is 0 Å². The molecule has 2 aromatic heterocycles. The zero-order chi connectivity index (χ0) is 14.8. The van der Waals surface area contributed by atoms with E-state index in [0.29, 0.717) is 5.82 Å². The van der Waals surface area contributed by atoms with Gasteiger partial charge in [-0.15, -0.1) is 10.2 Å². The minimum absolute atomic E-state index is 0.0643. The first-order chi connectivity index (χ1) is 9.44. The zero-order valence-corrected chi connectivity index (χ0v) is 11.7. The number of sulfonamides is 1. The first-order valence-corrected chi connectivity index (χ1v) is 7.07. The van der Waals surface area contributed by atoms with Crippen LogP contribution in [-0.4, -0.2) is 33.2 Å². The number of aromatic nitrogens is 5. The third-order valence-electron chi connectivity index (χ3n) is 2.53. The normalized spacial score (nSPS) is 13.2. The van der Waals surface area contributed by atoms with Crippen molar-refractivity contribution in [2.45, 2.75) is 17.9 Å². The quantitative estimate of drug-likeness (QED) is 0.468. The molecule has 1 atom stereocenters. The Morgan fingerprint density at radius 3 is 2.50 bits per heavy atom. The van der Waals surface area contributed by atoms with Crippen molar-refractivity contribution in [1.82, 2.24) is 29.5 Å². The number of hydrogen-bond acceptors (Lipinski definition) is 8. The predicted molar refractivity (Wildman–Crippen MR) is 69.6 cm³/mol. The van der Waals surface area contributed by atoms with Crippen molar-refractivity contribution in [1.29, 1.82) is 0 Å². The lowest BCUT2D eigenvalue weighted by molar-refractivity contribution is 0.552. The Kier molecular flexibility index (Phi) is 3.92.